The molecule has 1 heterocycles. The Morgan fingerprint density at radius 1 is 1.20 bits per heavy atom. The molecule has 0 fully saturated rings. The highest BCUT2D eigenvalue weighted by Gasteiger charge is 2.20. The lowest BCUT2D eigenvalue weighted by Gasteiger charge is -2.15. The van der Waals surface area contributed by atoms with Crippen LogP contribution in [0.1, 0.15) is 24.3 Å². The highest BCUT2D eigenvalue weighted by molar-refractivity contribution is 6.30. The molecule has 0 atom stereocenters. The largest absolute Gasteiger partial charge is 0.490 e. The van der Waals surface area contributed by atoms with E-state index in [1.165, 1.54) is 4.68 Å². The minimum Gasteiger partial charge on any atom is -0.490 e. The first kappa shape index (κ1) is 17.0. The number of ether oxygens (including phenoxy) is 1. The van der Waals surface area contributed by atoms with E-state index in [1.54, 1.807) is 42.5 Å². The van der Waals surface area contributed by atoms with Crippen molar-refractivity contribution < 1.29 is 14.6 Å². The highest BCUT2D eigenvalue weighted by atomic mass is 35.5. The zero-order valence-corrected chi connectivity index (χ0v) is 14.3. The molecular formula is C18H15ClN2O4. The molecule has 0 unspecified atom stereocenters. The Balaban J connectivity index is 2.41. The van der Waals surface area contributed by atoms with Gasteiger partial charge < -0.3 is 9.84 Å². The number of benzene rings is 2. The Labute approximate surface area is 148 Å². The summed E-state index contributed by atoms with van der Waals surface area (Å²) in [7, 11) is 0. The molecule has 0 saturated carbocycles. The molecule has 1 aromatic heterocycles. The van der Waals surface area contributed by atoms with Crippen molar-refractivity contribution in [2.45, 2.75) is 20.0 Å². The third-order valence-electron chi connectivity index (χ3n) is 3.51. The molecule has 0 aliphatic heterocycles. The smallest absolute Gasteiger partial charge is 0.360 e. The van der Waals surface area contributed by atoms with Crippen LogP contribution in [0.25, 0.3) is 16.6 Å². The van der Waals surface area contributed by atoms with Crippen molar-refractivity contribution in [2.24, 2.45) is 0 Å². The van der Waals surface area contributed by atoms with Crippen molar-refractivity contribution in [1.29, 1.82) is 0 Å². The normalized spacial score (nSPS) is 11.0. The summed E-state index contributed by atoms with van der Waals surface area (Å²) in [5.41, 5.74) is -0.208. The van der Waals surface area contributed by atoms with Gasteiger partial charge in [0.2, 0.25) is 11.1 Å². The van der Waals surface area contributed by atoms with E-state index in [4.69, 9.17) is 16.3 Å². The van der Waals surface area contributed by atoms with Gasteiger partial charge in [-0.05, 0) is 50.2 Å². The summed E-state index contributed by atoms with van der Waals surface area (Å²) >= 11 is 5.91. The number of carboxylic acid groups (broad SMARTS) is 1. The van der Waals surface area contributed by atoms with Gasteiger partial charge in [-0.25, -0.2) is 9.48 Å². The topological polar surface area (TPSA) is 81.4 Å². The molecule has 0 amide bonds. The summed E-state index contributed by atoms with van der Waals surface area (Å²) in [6, 6.07) is 11.8. The van der Waals surface area contributed by atoms with Crippen LogP contribution in [0.3, 0.4) is 0 Å². The van der Waals surface area contributed by atoms with Gasteiger partial charge in [-0.3, -0.25) is 4.79 Å². The predicted molar refractivity (Wildman–Crippen MR) is 95.1 cm³/mol. The molecule has 0 radical (unpaired) electrons. The van der Waals surface area contributed by atoms with Crippen molar-refractivity contribution in [3.8, 4) is 11.4 Å². The fourth-order valence-corrected chi connectivity index (χ4v) is 2.64. The molecular weight excluding hydrogens is 344 g/mol. The van der Waals surface area contributed by atoms with Crippen LogP contribution in [0.4, 0.5) is 0 Å². The van der Waals surface area contributed by atoms with Crippen LogP contribution in [-0.4, -0.2) is 27.0 Å². The lowest BCUT2D eigenvalue weighted by atomic mass is 10.1. The number of nitrogens with zero attached hydrogens (tertiary/aromatic N) is 2. The van der Waals surface area contributed by atoms with Crippen LogP contribution in [-0.2, 0) is 0 Å². The number of aromatic nitrogens is 2. The zero-order chi connectivity index (χ0) is 18.1. The van der Waals surface area contributed by atoms with Crippen molar-refractivity contribution >= 4 is 28.5 Å². The highest BCUT2D eigenvalue weighted by Crippen LogP contribution is 2.25. The number of carboxylic acids is 1. The third-order valence-corrected chi connectivity index (χ3v) is 3.76. The van der Waals surface area contributed by atoms with Crippen molar-refractivity contribution in [2.75, 3.05) is 0 Å². The molecule has 3 aromatic rings. The number of halogens is 1. The maximum atomic E-state index is 12.7. The van der Waals surface area contributed by atoms with Crippen LogP contribution in [0.5, 0.6) is 5.75 Å². The van der Waals surface area contributed by atoms with Gasteiger partial charge >= 0.3 is 5.97 Å². The van der Waals surface area contributed by atoms with Crippen LogP contribution in [0.2, 0.25) is 5.02 Å². The van der Waals surface area contributed by atoms with Crippen molar-refractivity contribution in [3.05, 3.63) is 63.4 Å². The Hall–Kier alpha value is -2.86. The second-order valence-electron chi connectivity index (χ2n) is 5.69. The maximum absolute atomic E-state index is 12.7. The minimum absolute atomic E-state index is 0.171. The van der Waals surface area contributed by atoms with E-state index in [0.29, 0.717) is 22.0 Å². The molecule has 1 N–H and O–H groups in total. The first-order valence-electron chi connectivity index (χ1n) is 7.60. The summed E-state index contributed by atoms with van der Waals surface area (Å²) < 4.78 is 7.10. The van der Waals surface area contributed by atoms with Crippen LogP contribution < -0.4 is 10.2 Å². The summed E-state index contributed by atoms with van der Waals surface area (Å²) in [6.07, 6.45) is -0.171. The zero-order valence-electron chi connectivity index (χ0n) is 13.6. The van der Waals surface area contributed by atoms with E-state index >= 15 is 0 Å². The van der Waals surface area contributed by atoms with E-state index in [2.05, 4.69) is 5.10 Å². The summed E-state index contributed by atoms with van der Waals surface area (Å²) in [5.74, 6) is -1.07. The average Bonchev–Trinajstić information content (AvgIpc) is 2.55. The first-order chi connectivity index (χ1) is 11.9. The summed E-state index contributed by atoms with van der Waals surface area (Å²) in [6.45, 7) is 3.66. The quantitative estimate of drug-likeness (QED) is 0.771. The molecule has 6 nitrogen and oxygen atoms in total. The Bertz CT molecular complexity index is 1010. The minimum atomic E-state index is -1.39. The molecule has 0 aliphatic carbocycles. The van der Waals surface area contributed by atoms with Crippen LogP contribution in [0.15, 0.2) is 47.3 Å². The number of rotatable bonds is 4. The second kappa shape index (κ2) is 6.57. The second-order valence-corrected chi connectivity index (χ2v) is 6.12. The van der Waals surface area contributed by atoms with E-state index in [1.807, 2.05) is 13.8 Å². The van der Waals surface area contributed by atoms with E-state index in [9.17, 15) is 14.7 Å². The van der Waals surface area contributed by atoms with Gasteiger partial charge in [-0.1, -0.05) is 17.7 Å². The fraction of sp³-hybridized carbons (Fsp3) is 0.167. The first-order valence-corrected chi connectivity index (χ1v) is 7.98. The third kappa shape index (κ3) is 3.21. The number of hydrogen-bond donors (Lipinski definition) is 1. The van der Waals surface area contributed by atoms with Crippen LogP contribution >= 0.6 is 11.6 Å². The van der Waals surface area contributed by atoms with Gasteiger partial charge in [0.05, 0.1) is 22.7 Å². The standard InChI is InChI=1S/C18H15ClN2O4/c1-10(2)25-14-5-3-4-13-15(14)17(22)16(18(23)24)20-21(13)12-8-6-11(19)7-9-12/h3-10H,1-2H3,(H,23,24). The molecule has 0 aliphatic rings. The van der Waals surface area contributed by atoms with Gasteiger partial charge in [-0.15, -0.1) is 0 Å². The summed E-state index contributed by atoms with van der Waals surface area (Å²) in [5, 5.41) is 14.1. The Kier molecular flexibility index (Phi) is 4.46. The van der Waals surface area contributed by atoms with E-state index < -0.39 is 17.1 Å². The van der Waals surface area contributed by atoms with Crippen molar-refractivity contribution in [1.82, 2.24) is 9.78 Å². The van der Waals surface area contributed by atoms with Crippen molar-refractivity contribution in [3.63, 3.8) is 0 Å². The molecule has 3 rings (SSSR count). The molecule has 0 bridgehead atoms. The number of carbonyl (C=O) groups is 1. The van der Waals surface area contributed by atoms with Crippen LogP contribution in [0, 0.1) is 0 Å². The molecule has 0 saturated heterocycles. The predicted octanol–water partition coefficient (Wildman–Crippen LogP) is 3.52. The Morgan fingerprint density at radius 2 is 1.88 bits per heavy atom. The van der Waals surface area contributed by atoms with Gasteiger partial charge in [0.15, 0.2) is 0 Å². The SMILES string of the molecule is CC(C)Oc1cccc2c1c(=O)c(C(=O)O)nn2-c1ccc(Cl)cc1. The average molecular weight is 359 g/mol. The number of aromatic carboxylic acids is 1. The monoisotopic (exact) mass is 358 g/mol. The molecule has 0 spiro atoms. The molecule has 128 valence electrons. The number of fused-ring (bicyclic) bond motifs is 1. The lowest BCUT2D eigenvalue weighted by molar-refractivity contribution is 0.0687. The molecule has 2 aromatic carbocycles. The van der Waals surface area contributed by atoms with Gasteiger partial charge in [0.1, 0.15) is 5.75 Å². The number of hydrogen-bond acceptors (Lipinski definition) is 4. The van der Waals surface area contributed by atoms with Gasteiger partial charge in [0, 0.05) is 5.02 Å². The molecule has 25 heavy (non-hydrogen) atoms. The lowest BCUT2D eigenvalue weighted by Crippen LogP contribution is -2.23. The van der Waals surface area contributed by atoms with Gasteiger partial charge in [0.25, 0.3) is 0 Å². The van der Waals surface area contributed by atoms with Gasteiger partial charge in [-0.2, -0.15) is 5.10 Å². The maximum Gasteiger partial charge on any atom is 0.360 e. The fourth-order valence-electron chi connectivity index (χ4n) is 2.51. The molecule has 7 heteroatoms. The summed E-state index contributed by atoms with van der Waals surface area (Å²) in [4.78, 5) is 24.2. The Morgan fingerprint density at radius 3 is 2.48 bits per heavy atom. The van der Waals surface area contributed by atoms with E-state index in [0.717, 1.165) is 0 Å². The van der Waals surface area contributed by atoms with E-state index in [-0.39, 0.29) is 11.5 Å².